The van der Waals surface area contributed by atoms with Crippen molar-refractivity contribution in [2.75, 3.05) is 13.2 Å². The van der Waals surface area contributed by atoms with Crippen LogP contribution in [0.3, 0.4) is 0 Å². The highest BCUT2D eigenvalue weighted by Gasteiger charge is 2.14. The zero-order valence-electron chi connectivity index (χ0n) is 17.1. The maximum Gasteiger partial charge on any atom is 0.338 e. The van der Waals surface area contributed by atoms with Crippen LogP contribution in [-0.4, -0.2) is 30.3 Å². The fraction of sp³-hybridized carbons (Fsp3) is 0.174. The highest BCUT2D eigenvalue weighted by molar-refractivity contribution is 8.14. The molecule has 0 aliphatic carbocycles. The number of carbonyl (C=O) groups excluding carboxylic acids is 3. The summed E-state index contributed by atoms with van der Waals surface area (Å²) in [7, 11) is 0. The Morgan fingerprint density at radius 3 is 2.16 bits per heavy atom. The van der Waals surface area contributed by atoms with Gasteiger partial charge in [-0.25, -0.2) is 14.0 Å². The third-order valence-corrected chi connectivity index (χ3v) is 4.60. The lowest BCUT2D eigenvalue weighted by molar-refractivity contribution is -0.139. The van der Waals surface area contributed by atoms with Gasteiger partial charge < -0.3 is 14.2 Å². The molecule has 0 aliphatic heterocycles. The van der Waals surface area contributed by atoms with Crippen LogP contribution < -0.4 is 9.47 Å². The van der Waals surface area contributed by atoms with Gasteiger partial charge in [-0.15, -0.1) is 0 Å². The van der Waals surface area contributed by atoms with E-state index in [9.17, 15) is 18.8 Å². The molecule has 0 aromatic heterocycles. The molecule has 8 heteroatoms. The van der Waals surface area contributed by atoms with Gasteiger partial charge in [0.25, 0.3) is 0 Å². The molecule has 0 N–H and O–H groups in total. The predicted molar refractivity (Wildman–Crippen MR) is 115 cm³/mol. The maximum absolute atomic E-state index is 14.1. The highest BCUT2D eigenvalue weighted by Crippen LogP contribution is 2.28. The third kappa shape index (κ3) is 7.42. The zero-order chi connectivity index (χ0) is 23.0. The van der Waals surface area contributed by atoms with Crippen molar-refractivity contribution in [3.63, 3.8) is 0 Å². The molecule has 0 saturated heterocycles. The predicted octanol–water partition coefficient (Wildman–Crippen LogP) is 4.74. The first-order valence-electron chi connectivity index (χ1n) is 9.12. The van der Waals surface area contributed by atoms with E-state index in [0.29, 0.717) is 21.8 Å². The number of ether oxygens (including phenoxy) is 3. The van der Waals surface area contributed by atoms with Crippen molar-refractivity contribution < 1.29 is 33.0 Å². The van der Waals surface area contributed by atoms with Crippen LogP contribution in [0, 0.1) is 5.82 Å². The minimum absolute atomic E-state index is 0.0749. The molecule has 0 unspecified atom stereocenters. The van der Waals surface area contributed by atoms with Gasteiger partial charge in [-0.1, -0.05) is 13.2 Å². The number of benzene rings is 2. The molecular weight excluding hydrogens is 423 g/mol. The van der Waals surface area contributed by atoms with E-state index in [1.807, 2.05) is 0 Å². The molecule has 162 valence electrons. The summed E-state index contributed by atoms with van der Waals surface area (Å²) in [4.78, 5) is 35.6. The molecule has 0 fully saturated rings. The molecule has 0 atom stereocenters. The molecule has 0 spiro atoms. The molecule has 6 nitrogen and oxygen atoms in total. The molecule has 2 rings (SSSR count). The minimum atomic E-state index is -0.761. The van der Waals surface area contributed by atoms with Crippen LogP contribution in [0.2, 0.25) is 0 Å². The summed E-state index contributed by atoms with van der Waals surface area (Å²) in [5.41, 5.74) is 0.848. The quantitative estimate of drug-likeness (QED) is 0.182. The topological polar surface area (TPSA) is 78.9 Å². The van der Waals surface area contributed by atoms with Crippen LogP contribution in [-0.2, 0) is 14.3 Å². The summed E-state index contributed by atoms with van der Waals surface area (Å²) in [6, 6.07) is 10.2. The van der Waals surface area contributed by atoms with E-state index < -0.39 is 17.8 Å². The first-order valence-corrected chi connectivity index (χ1v) is 9.94. The SMILES string of the molecule is C=C(C)C(=O)OCCOc1ccc(C(=O)Sc2ccc(OC(=O)C(=C)C)c(F)c2)cc1. The molecule has 2 aromatic rings. The van der Waals surface area contributed by atoms with E-state index >= 15 is 0 Å². The Morgan fingerprint density at radius 1 is 0.935 bits per heavy atom. The summed E-state index contributed by atoms with van der Waals surface area (Å²) in [6.07, 6.45) is 0. The van der Waals surface area contributed by atoms with Gasteiger partial charge in [-0.3, -0.25) is 4.79 Å². The van der Waals surface area contributed by atoms with Gasteiger partial charge >= 0.3 is 11.9 Å². The van der Waals surface area contributed by atoms with Crippen molar-refractivity contribution in [1.29, 1.82) is 0 Å². The summed E-state index contributed by atoms with van der Waals surface area (Å²) in [6.45, 7) is 10.2. The molecule has 0 heterocycles. The Balaban J connectivity index is 1.90. The number of hydrogen-bond donors (Lipinski definition) is 0. The van der Waals surface area contributed by atoms with E-state index in [4.69, 9.17) is 14.2 Å². The summed E-state index contributed by atoms with van der Waals surface area (Å²) in [5, 5.41) is -0.298. The molecule has 2 aromatic carbocycles. The van der Waals surface area contributed by atoms with Crippen molar-refractivity contribution in [3.8, 4) is 11.5 Å². The Kier molecular flexibility index (Phi) is 8.57. The van der Waals surface area contributed by atoms with Crippen LogP contribution in [0.5, 0.6) is 11.5 Å². The Labute approximate surface area is 183 Å². The Morgan fingerprint density at radius 2 is 1.58 bits per heavy atom. The smallest absolute Gasteiger partial charge is 0.338 e. The number of hydrogen-bond acceptors (Lipinski definition) is 7. The molecule has 0 amide bonds. The summed E-state index contributed by atoms with van der Waals surface area (Å²) >= 11 is 0.834. The second-order valence-corrected chi connectivity index (χ2v) is 7.49. The fourth-order valence-electron chi connectivity index (χ4n) is 2.09. The van der Waals surface area contributed by atoms with Crippen LogP contribution >= 0.6 is 11.8 Å². The average molecular weight is 444 g/mol. The van der Waals surface area contributed by atoms with Crippen molar-refractivity contribution in [2.24, 2.45) is 0 Å². The van der Waals surface area contributed by atoms with Gasteiger partial charge in [-0.2, -0.15) is 0 Å². The Bertz CT molecular complexity index is 1010. The van der Waals surface area contributed by atoms with Crippen LogP contribution in [0.25, 0.3) is 0 Å². The van der Waals surface area contributed by atoms with Crippen LogP contribution in [0.1, 0.15) is 24.2 Å². The highest BCUT2D eigenvalue weighted by atomic mass is 32.2. The van der Waals surface area contributed by atoms with Gasteiger partial charge in [0.1, 0.15) is 19.0 Å². The van der Waals surface area contributed by atoms with Gasteiger partial charge in [0.2, 0.25) is 5.12 Å². The molecule has 31 heavy (non-hydrogen) atoms. The van der Waals surface area contributed by atoms with Gasteiger partial charge in [0, 0.05) is 21.6 Å². The monoisotopic (exact) mass is 444 g/mol. The van der Waals surface area contributed by atoms with E-state index in [1.54, 1.807) is 31.2 Å². The number of carbonyl (C=O) groups is 3. The van der Waals surface area contributed by atoms with Crippen molar-refractivity contribution in [2.45, 2.75) is 18.7 Å². The third-order valence-electron chi connectivity index (χ3n) is 3.69. The van der Waals surface area contributed by atoms with Gasteiger partial charge in [-0.05, 0) is 68.1 Å². The van der Waals surface area contributed by atoms with E-state index in [1.165, 1.54) is 19.1 Å². The van der Waals surface area contributed by atoms with Gasteiger partial charge in [0.05, 0.1) is 0 Å². The first kappa shape index (κ1) is 23.9. The number of esters is 2. The zero-order valence-corrected chi connectivity index (χ0v) is 17.9. The standard InChI is InChI=1S/C23H21FO6S/c1-14(2)21(25)29-12-11-28-17-7-5-16(6-8-17)23(27)31-18-9-10-20(19(24)13-18)30-22(26)15(3)4/h5-10,13H,1,3,11-12H2,2,4H3. The van der Waals surface area contributed by atoms with Crippen LogP contribution in [0.15, 0.2) is 71.7 Å². The minimum Gasteiger partial charge on any atom is -0.490 e. The largest absolute Gasteiger partial charge is 0.490 e. The number of rotatable bonds is 9. The van der Waals surface area contributed by atoms with Gasteiger partial charge in [0.15, 0.2) is 11.6 Å². The molecule has 0 bridgehead atoms. The Hall–Kier alpha value is -3.39. The molecule has 0 aliphatic rings. The second-order valence-electron chi connectivity index (χ2n) is 6.44. The van der Waals surface area contributed by atoms with Crippen LogP contribution in [0.4, 0.5) is 4.39 Å². The summed E-state index contributed by atoms with van der Waals surface area (Å²) in [5.74, 6) is -1.71. The number of thioether (sulfide) groups is 1. The maximum atomic E-state index is 14.1. The van der Waals surface area contributed by atoms with E-state index in [-0.39, 0.29) is 29.7 Å². The lowest BCUT2D eigenvalue weighted by Crippen LogP contribution is -2.12. The van der Waals surface area contributed by atoms with E-state index in [0.717, 1.165) is 17.8 Å². The van der Waals surface area contributed by atoms with E-state index in [2.05, 4.69) is 13.2 Å². The first-order chi connectivity index (χ1) is 14.7. The molecule has 0 radical (unpaired) electrons. The fourth-order valence-corrected chi connectivity index (χ4v) is 2.85. The van der Waals surface area contributed by atoms with Crippen molar-refractivity contribution in [3.05, 3.63) is 78.1 Å². The average Bonchev–Trinajstić information content (AvgIpc) is 2.73. The molecular formula is C23H21FO6S. The van der Waals surface area contributed by atoms with Crippen molar-refractivity contribution in [1.82, 2.24) is 0 Å². The summed E-state index contributed by atoms with van der Waals surface area (Å²) < 4.78 is 29.4. The lowest BCUT2D eigenvalue weighted by atomic mass is 10.2. The number of halogens is 1. The lowest BCUT2D eigenvalue weighted by Gasteiger charge is -2.08. The molecule has 0 saturated carbocycles. The van der Waals surface area contributed by atoms with Crippen molar-refractivity contribution >= 4 is 28.8 Å². The normalized spacial score (nSPS) is 10.2. The second kappa shape index (κ2) is 11.1.